The normalized spacial score (nSPS) is 11.4. The fraction of sp³-hybridized carbons (Fsp3) is 0.250. The highest BCUT2D eigenvalue weighted by molar-refractivity contribution is 7.90. The van der Waals surface area contributed by atoms with Gasteiger partial charge >= 0.3 is 0 Å². The van der Waals surface area contributed by atoms with E-state index in [4.69, 9.17) is 10.5 Å². The van der Waals surface area contributed by atoms with E-state index in [1.165, 1.54) is 7.11 Å². The number of aryl methyl sites for hydroxylation is 2. The molecule has 0 aliphatic heterocycles. The molecular formula is C16H19NO3S. The van der Waals surface area contributed by atoms with Crippen LogP contribution < -0.4 is 10.5 Å². The topological polar surface area (TPSA) is 69.4 Å². The van der Waals surface area contributed by atoms with Gasteiger partial charge in [0.15, 0.2) is 9.84 Å². The summed E-state index contributed by atoms with van der Waals surface area (Å²) in [5.74, 6) is 0.376. The predicted molar refractivity (Wildman–Crippen MR) is 84.2 cm³/mol. The molecular weight excluding hydrogens is 286 g/mol. The minimum atomic E-state index is -3.42. The molecule has 112 valence electrons. The van der Waals surface area contributed by atoms with E-state index in [0.717, 1.165) is 11.1 Å². The van der Waals surface area contributed by atoms with Crippen LogP contribution in [0.4, 0.5) is 5.69 Å². The van der Waals surface area contributed by atoms with Gasteiger partial charge in [-0.15, -0.1) is 0 Å². The fourth-order valence-electron chi connectivity index (χ4n) is 2.08. The number of benzene rings is 2. The van der Waals surface area contributed by atoms with E-state index < -0.39 is 9.84 Å². The van der Waals surface area contributed by atoms with Gasteiger partial charge in [-0.2, -0.15) is 0 Å². The second-order valence-electron chi connectivity index (χ2n) is 5.08. The van der Waals surface area contributed by atoms with Crippen molar-refractivity contribution in [2.75, 3.05) is 12.8 Å². The summed E-state index contributed by atoms with van der Waals surface area (Å²) < 4.78 is 30.3. The van der Waals surface area contributed by atoms with Crippen molar-refractivity contribution in [2.24, 2.45) is 0 Å². The average molecular weight is 305 g/mol. The zero-order valence-corrected chi connectivity index (χ0v) is 13.2. The van der Waals surface area contributed by atoms with Gasteiger partial charge in [-0.05, 0) is 43.2 Å². The summed E-state index contributed by atoms with van der Waals surface area (Å²) in [6, 6.07) is 10.2. The van der Waals surface area contributed by atoms with Crippen LogP contribution >= 0.6 is 0 Å². The van der Waals surface area contributed by atoms with Gasteiger partial charge < -0.3 is 10.5 Å². The number of sulfone groups is 1. The first-order valence-corrected chi connectivity index (χ1v) is 8.21. The van der Waals surface area contributed by atoms with Crippen molar-refractivity contribution >= 4 is 15.5 Å². The van der Waals surface area contributed by atoms with Crippen LogP contribution in [-0.4, -0.2) is 15.5 Å². The molecule has 0 aliphatic rings. The second kappa shape index (κ2) is 5.77. The Hall–Kier alpha value is -2.01. The number of nitrogen functional groups attached to an aromatic ring is 1. The fourth-order valence-corrected chi connectivity index (χ4v) is 3.52. The highest BCUT2D eigenvalue weighted by Gasteiger charge is 2.18. The maximum absolute atomic E-state index is 12.5. The van der Waals surface area contributed by atoms with E-state index in [-0.39, 0.29) is 5.75 Å². The summed E-state index contributed by atoms with van der Waals surface area (Å²) >= 11 is 0. The Morgan fingerprint density at radius 3 is 2.38 bits per heavy atom. The minimum Gasteiger partial charge on any atom is -0.496 e. The SMILES string of the molecule is COc1cc(N)ccc1CS(=O)(=O)c1ccc(C)c(C)c1. The Morgan fingerprint density at radius 2 is 1.76 bits per heavy atom. The first-order chi connectivity index (χ1) is 9.83. The lowest BCUT2D eigenvalue weighted by Crippen LogP contribution is -2.07. The largest absolute Gasteiger partial charge is 0.496 e. The van der Waals surface area contributed by atoms with Gasteiger partial charge in [-0.1, -0.05) is 12.1 Å². The van der Waals surface area contributed by atoms with Crippen molar-refractivity contribution in [1.29, 1.82) is 0 Å². The van der Waals surface area contributed by atoms with Gasteiger partial charge in [0, 0.05) is 17.3 Å². The van der Waals surface area contributed by atoms with E-state index in [2.05, 4.69) is 0 Å². The molecule has 4 nitrogen and oxygen atoms in total. The van der Waals surface area contributed by atoms with Crippen molar-refractivity contribution in [2.45, 2.75) is 24.5 Å². The molecule has 0 atom stereocenters. The lowest BCUT2D eigenvalue weighted by Gasteiger charge is -2.11. The molecule has 0 bridgehead atoms. The first kappa shape index (κ1) is 15.4. The molecule has 0 aliphatic carbocycles. The molecule has 0 saturated carbocycles. The Morgan fingerprint density at radius 1 is 1.05 bits per heavy atom. The van der Waals surface area contributed by atoms with Crippen LogP contribution in [0.25, 0.3) is 0 Å². The number of anilines is 1. The molecule has 0 unspecified atom stereocenters. The van der Waals surface area contributed by atoms with E-state index in [1.54, 1.807) is 30.3 Å². The predicted octanol–water partition coefficient (Wildman–Crippen LogP) is 2.87. The van der Waals surface area contributed by atoms with Crippen LogP contribution in [0.15, 0.2) is 41.3 Å². The maximum Gasteiger partial charge on any atom is 0.182 e. The molecule has 2 rings (SSSR count). The van der Waals surface area contributed by atoms with Crippen LogP contribution in [-0.2, 0) is 15.6 Å². The van der Waals surface area contributed by atoms with Crippen molar-refractivity contribution in [3.05, 3.63) is 53.1 Å². The standard InChI is InChI=1S/C16H19NO3S/c1-11-4-7-15(8-12(11)2)21(18,19)10-13-5-6-14(17)9-16(13)20-3/h4-9H,10,17H2,1-3H3. The van der Waals surface area contributed by atoms with Crippen LogP contribution in [0.5, 0.6) is 5.75 Å². The minimum absolute atomic E-state index is 0.112. The first-order valence-electron chi connectivity index (χ1n) is 6.56. The third kappa shape index (κ3) is 3.36. The Labute approximate surface area is 125 Å². The molecule has 0 amide bonds. The number of methoxy groups -OCH3 is 1. The summed E-state index contributed by atoms with van der Waals surface area (Å²) in [7, 11) is -1.92. The maximum atomic E-state index is 12.5. The molecule has 0 fully saturated rings. The van der Waals surface area contributed by atoms with E-state index in [1.807, 2.05) is 19.9 Å². The van der Waals surface area contributed by atoms with Crippen molar-refractivity contribution in [1.82, 2.24) is 0 Å². The number of hydrogen-bond acceptors (Lipinski definition) is 4. The van der Waals surface area contributed by atoms with Gasteiger partial charge in [-0.25, -0.2) is 8.42 Å². The van der Waals surface area contributed by atoms with E-state index in [0.29, 0.717) is 21.9 Å². The third-order valence-electron chi connectivity index (χ3n) is 3.49. The van der Waals surface area contributed by atoms with Gasteiger partial charge in [-0.3, -0.25) is 0 Å². The summed E-state index contributed by atoms with van der Waals surface area (Å²) in [4.78, 5) is 0.324. The Bertz CT molecular complexity index is 767. The quantitative estimate of drug-likeness (QED) is 0.882. The molecule has 0 aromatic heterocycles. The number of nitrogens with two attached hydrogens (primary N) is 1. The van der Waals surface area contributed by atoms with Crippen molar-refractivity contribution in [3.63, 3.8) is 0 Å². The lowest BCUT2D eigenvalue weighted by molar-refractivity contribution is 0.411. The smallest absolute Gasteiger partial charge is 0.182 e. The molecule has 2 aromatic rings. The highest BCUT2D eigenvalue weighted by atomic mass is 32.2. The molecule has 0 saturated heterocycles. The van der Waals surface area contributed by atoms with E-state index >= 15 is 0 Å². The zero-order valence-electron chi connectivity index (χ0n) is 12.4. The Balaban J connectivity index is 2.39. The number of ether oxygens (including phenoxy) is 1. The van der Waals surface area contributed by atoms with Crippen molar-refractivity contribution < 1.29 is 13.2 Å². The summed E-state index contributed by atoms with van der Waals surface area (Å²) in [5.41, 5.74) is 8.85. The zero-order chi connectivity index (χ0) is 15.6. The summed E-state index contributed by atoms with van der Waals surface area (Å²) in [6.45, 7) is 3.85. The monoisotopic (exact) mass is 305 g/mol. The average Bonchev–Trinajstić information content (AvgIpc) is 2.43. The molecule has 2 aromatic carbocycles. The van der Waals surface area contributed by atoms with Gasteiger partial charge in [0.2, 0.25) is 0 Å². The van der Waals surface area contributed by atoms with Crippen LogP contribution in [0, 0.1) is 13.8 Å². The molecule has 0 spiro atoms. The Kier molecular flexibility index (Phi) is 4.23. The summed E-state index contributed by atoms with van der Waals surface area (Å²) in [5, 5.41) is 0. The van der Waals surface area contributed by atoms with Crippen LogP contribution in [0.3, 0.4) is 0 Å². The highest BCUT2D eigenvalue weighted by Crippen LogP contribution is 2.26. The number of hydrogen-bond donors (Lipinski definition) is 1. The van der Waals surface area contributed by atoms with Gasteiger partial charge in [0.05, 0.1) is 17.8 Å². The number of rotatable bonds is 4. The van der Waals surface area contributed by atoms with Crippen LogP contribution in [0.1, 0.15) is 16.7 Å². The van der Waals surface area contributed by atoms with Gasteiger partial charge in [0.1, 0.15) is 5.75 Å². The van der Waals surface area contributed by atoms with Crippen molar-refractivity contribution in [3.8, 4) is 5.75 Å². The second-order valence-corrected chi connectivity index (χ2v) is 7.07. The summed E-state index contributed by atoms with van der Waals surface area (Å²) in [6.07, 6.45) is 0. The van der Waals surface area contributed by atoms with Crippen LogP contribution in [0.2, 0.25) is 0 Å². The van der Waals surface area contributed by atoms with E-state index in [9.17, 15) is 8.42 Å². The molecule has 5 heteroatoms. The molecule has 0 radical (unpaired) electrons. The molecule has 2 N–H and O–H groups in total. The molecule has 0 heterocycles. The lowest BCUT2D eigenvalue weighted by atomic mass is 10.1. The van der Waals surface area contributed by atoms with Gasteiger partial charge in [0.25, 0.3) is 0 Å². The third-order valence-corrected chi connectivity index (χ3v) is 5.16. The molecule has 21 heavy (non-hydrogen) atoms.